The summed E-state index contributed by atoms with van der Waals surface area (Å²) in [7, 11) is 0. The van der Waals surface area contributed by atoms with Gasteiger partial charge in [-0.1, -0.05) is 24.3 Å². The van der Waals surface area contributed by atoms with E-state index in [9.17, 15) is 4.79 Å². The first kappa shape index (κ1) is 13.0. The van der Waals surface area contributed by atoms with Crippen LogP contribution < -0.4 is 0 Å². The topological polar surface area (TPSA) is 48.4 Å². The number of benzene rings is 1. The predicted octanol–water partition coefficient (Wildman–Crippen LogP) is 2.75. The van der Waals surface area contributed by atoms with Crippen LogP contribution in [0.2, 0.25) is 0 Å². The fourth-order valence-corrected chi connectivity index (χ4v) is 2.14. The van der Waals surface area contributed by atoms with E-state index < -0.39 is 0 Å². The number of hydrogen-bond acceptors (Lipinski definition) is 4. The van der Waals surface area contributed by atoms with E-state index in [1.165, 1.54) is 0 Å². The minimum Gasteiger partial charge on any atom is -0.348 e. The summed E-state index contributed by atoms with van der Waals surface area (Å²) in [6, 6.07) is 10.8. The first-order valence-corrected chi connectivity index (χ1v) is 6.62. The van der Waals surface area contributed by atoms with Gasteiger partial charge in [0.05, 0.1) is 13.2 Å². The van der Waals surface area contributed by atoms with Crippen LogP contribution in [0, 0.1) is 0 Å². The van der Waals surface area contributed by atoms with Gasteiger partial charge in [0.25, 0.3) is 0 Å². The second-order valence-corrected chi connectivity index (χ2v) is 4.61. The maximum absolute atomic E-state index is 12.2. The molecule has 2 aromatic rings. The van der Waals surface area contributed by atoms with Crippen molar-refractivity contribution in [3.8, 4) is 0 Å². The molecule has 1 fully saturated rings. The van der Waals surface area contributed by atoms with Crippen molar-refractivity contribution in [3.63, 3.8) is 0 Å². The lowest BCUT2D eigenvalue weighted by Gasteiger charge is -2.23. The minimum atomic E-state index is -0.311. The molecule has 0 aliphatic carbocycles. The van der Waals surface area contributed by atoms with Crippen LogP contribution in [0.1, 0.15) is 34.2 Å². The lowest BCUT2D eigenvalue weighted by atomic mass is 10.0. The molecule has 0 N–H and O–H groups in total. The quantitative estimate of drug-likeness (QED) is 0.804. The van der Waals surface area contributed by atoms with Crippen LogP contribution >= 0.6 is 0 Å². The van der Waals surface area contributed by atoms with E-state index in [4.69, 9.17) is 9.47 Å². The van der Waals surface area contributed by atoms with E-state index in [0.29, 0.717) is 24.3 Å². The second-order valence-electron chi connectivity index (χ2n) is 4.61. The van der Waals surface area contributed by atoms with E-state index in [1.807, 2.05) is 12.1 Å². The van der Waals surface area contributed by atoms with Crippen molar-refractivity contribution in [1.82, 2.24) is 4.98 Å². The number of pyridine rings is 1. The Morgan fingerprint density at radius 3 is 2.20 bits per heavy atom. The lowest BCUT2D eigenvalue weighted by Crippen LogP contribution is -2.17. The number of rotatable bonds is 3. The Morgan fingerprint density at radius 2 is 1.55 bits per heavy atom. The third kappa shape index (κ3) is 2.76. The van der Waals surface area contributed by atoms with E-state index >= 15 is 0 Å². The van der Waals surface area contributed by atoms with Gasteiger partial charge in [0, 0.05) is 29.1 Å². The molecule has 0 spiro atoms. The average Bonchev–Trinajstić information content (AvgIpc) is 2.56. The molecular weight excluding hydrogens is 254 g/mol. The molecule has 1 aliphatic rings. The monoisotopic (exact) mass is 269 g/mol. The maximum Gasteiger partial charge on any atom is 0.193 e. The summed E-state index contributed by atoms with van der Waals surface area (Å²) in [4.78, 5) is 16.2. The number of ether oxygens (including phenoxy) is 2. The normalized spacial score (nSPS) is 16.0. The van der Waals surface area contributed by atoms with Crippen LogP contribution in [0.4, 0.5) is 0 Å². The maximum atomic E-state index is 12.2. The van der Waals surface area contributed by atoms with E-state index in [1.54, 1.807) is 36.7 Å². The fraction of sp³-hybridized carbons (Fsp3) is 0.250. The first-order chi connectivity index (χ1) is 9.84. The third-order valence-electron chi connectivity index (χ3n) is 3.21. The summed E-state index contributed by atoms with van der Waals surface area (Å²) in [5.41, 5.74) is 2.23. The van der Waals surface area contributed by atoms with Crippen LogP contribution in [0.15, 0.2) is 48.8 Å². The molecule has 0 radical (unpaired) electrons. The SMILES string of the molecule is O=C(c1ccncc1)c1ccc(C2OCCCO2)cc1. The van der Waals surface area contributed by atoms with Gasteiger partial charge in [0.2, 0.25) is 0 Å². The van der Waals surface area contributed by atoms with Crippen molar-refractivity contribution in [1.29, 1.82) is 0 Å². The van der Waals surface area contributed by atoms with E-state index in [2.05, 4.69) is 4.98 Å². The van der Waals surface area contributed by atoms with Crippen molar-refractivity contribution in [2.24, 2.45) is 0 Å². The smallest absolute Gasteiger partial charge is 0.193 e. The summed E-state index contributed by atoms with van der Waals surface area (Å²) in [5, 5.41) is 0. The standard InChI is InChI=1S/C16H15NO3/c18-15(13-6-8-17-9-7-13)12-2-4-14(5-3-12)16-19-10-1-11-20-16/h2-9,16H,1,10-11H2. The number of carbonyl (C=O) groups is 1. The summed E-state index contributed by atoms with van der Waals surface area (Å²) in [5.74, 6) is -0.00979. The van der Waals surface area contributed by atoms with E-state index in [0.717, 1.165) is 12.0 Å². The van der Waals surface area contributed by atoms with Crippen molar-refractivity contribution < 1.29 is 14.3 Å². The number of carbonyl (C=O) groups excluding carboxylic acids is 1. The molecule has 0 saturated carbocycles. The zero-order valence-electron chi connectivity index (χ0n) is 11.0. The summed E-state index contributed by atoms with van der Waals surface area (Å²) >= 11 is 0. The molecule has 1 aromatic carbocycles. The molecule has 1 aliphatic heterocycles. The molecule has 0 unspecified atom stereocenters. The zero-order valence-corrected chi connectivity index (χ0v) is 11.0. The second kappa shape index (κ2) is 5.94. The third-order valence-corrected chi connectivity index (χ3v) is 3.21. The molecule has 0 atom stereocenters. The Labute approximate surface area is 117 Å². The van der Waals surface area contributed by atoms with Gasteiger partial charge in [-0.15, -0.1) is 0 Å². The first-order valence-electron chi connectivity index (χ1n) is 6.62. The largest absolute Gasteiger partial charge is 0.348 e. The lowest BCUT2D eigenvalue weighted by molar-refractivity contribution is -0.183. The predicted molar refractivity (Wildman–Crippen MR) is 73.4 cm³/mol. The molecular formula is C16H15NO3. The molecule has 4 heteroatoms. The van der Waals surface area contributed by atoms with Gasteiger partial charge in [0.15, 0.2) is 12.1 Å². The number of hydrogen-bond donors (Lipinski definition) is 0. The van der Waals surface area contributed by atoms with Gasteiger partial charge in [-0.2, -0.15) is 0 Å². The van der Waals surface area contributed by atoms with Gasteiger partial charge >= 0.3 is 0 Å². The molecule has 20 heavy (non-hydrogen) atoms. The summed E-state index contributed by atoms with van der Waals surface area (Å²) < 4.78 is 11.1. The van der Waals surface area contributed by atoms with Crippen LogP contribution in [-0.2, 0) is 9.47 Å². The van der Waals surface area contributed by atoms with Crippen molar-refractivity contribution in [2.45, 2.75) is 12.7 Å². The van der Waals surface area contributed by atoms with Crippen molar-refractivity contribution >= 4 is 5.78 Å². The van der Waals surface area contributed by atoms with Crippen LogP contribution in [0.3, 0.4) is 0 Å². The Hall–Kier alpha value is -2.04. The van der Waals surface area contributed by atoms with Gasteiger partial charge in [-0.25, -0.2) is 0 Å². The number of ketones is 1. The van der Waals surface area contributed by atoms with Gasteiger partial charge in [0.1, 0.15) is 0 Å². The highest BCUT2D eigenvalue weighted by atomic mass is 16.7. The fourth-order valence-electron chi connectivity index (χ4n) is 2.14. The Kier molecular flexibility index (Phi) is 3.85. The molecule has 1 saturated heterocycles. The summed E-state index contributed by atoms with van der Waals surface area (Å²) in [6.45, 7) is 1.42. The minimum absolute atomic E-state index is 0.00979. The average molecular weight is 269 g/mol. The van der Waals surface area contributed by atoms with Crippen LogP contribution in [0.25, 0.3) is 0 Å². The Morgan fingerprint density at radius 1 is 0.950 bits per heavy atom. The highest BCUT2D eigenvalue weighted by molar-refractivity contribution is 6.08. The van der Waals surface area contributed by atoms with E-state index in [-0.39, 0.29) is 12.1 Å². The molecule has 1 aromatic heterocycles. The highest BCUT2D eigenvalue weighted by Gasteiger charge is 2.17. The molecule has 4 nitrogen and oxygen atoms in total. The molecule has 0 amide bonds. The number of nitrogens with zero attached hydrogens (tertiary/aromatic N) is 1. The van der Waals surface area contributed by atoms with Gasteiger partial charge < -0.3 is 9.47 Å². The van der Waals surface area contributed by atoms with Crippen LogP contribution in [-0.4, -0.2) is 24.0 Å². The van der Waals surface area contributed by atoms with Gasteiger partial charge in [-0.05, 0) is 18.6 Å². The molecule has 102 valence electrons. The van der Waals surface area contributed by atoms with Gasteiger partial charge in [-0.3, -0.25) is 9.78 Å². The van der Waals surface area contributed by atoms with Crippen molar-refractivity contribution in [3.05, 3.63) is 65.5 Å². The Bertz CT molecular complexity index is 574. The highest BCUT2D eigenvalue weighted by Crippen LogP contribution is 2.23. The van der Waals surface area contributed by atoms with Crippen molar-refractivity contribution in [2.75, 3.05) is 13.2 Å². The van der Waals surface area contributed by atoms with Crippen LogP contribution in [0.5, 0.6) is 0 Å². The molecule has 3 rings (SSSR count). The molecule has 2 heterocycles. The number of aromatic nitrogens is 1. The molecule has 0 bridgehead atoms. The Balaban J connectivity index is 1.77. The zero-order chi connectivity index (χ0) is 13.8. The summed E-state index contributed by atoms with van der Waals surface area (Å²) in [6.07, 6.45) is 3.85.